The lowest BCUT2D eigenvalue weighted by atomic mass is 10.0. The molecule has 0 spiro atoms. The van der Waals surface area contributed by atoms with E-state index >= 15 is 0 Å². The van der Waals surface area contributed by atoms with Gasteiger partial charge in [0, 0.05) is 55.8 Å². The maximum absolute atomic E-state index is 13.7. The molecule has 0 aliphatic carbocycles. The molecular formula is C27H27F2N7O. The van der Waals surface area contributed by atoms with Crippen LogP contribution in [0.4, 0.5) is 19.4 Å². The van der Waals surface area contributed by atoms with Crippen molar-refractivity contribution < 1.29 is 13.6 Å². The molecule has 4 heterocycles. The summed E-state index contributed by atoms with van der Waals surface area (Å²) in [5, 5.41) is 2.87. The van der Waals surface area contributed by atoms with Gasteiger partial charge in [0.25, 0.3) is 5.92 Å². The first kappa shape index (κ1) is 24.5. The summed E-state index contributed by atoms with van der Waals surface area (Å²) in [6.07, 6.45) is 4.83. The van der Waals surface area contributed by atoms with Crippen molar-refractivity contribution in [1.82, 2.24) is 29.8 Å². The molecule has 10 heteroatoms. The fourth-order valence-corrected chi connectivity index (χ4v) is 4.35. The second kappa shape index (κ2) is 9.34. The number of benzene rings is 1. The highest BCUT2D eigenvalue weighted by Gasteiger charge is 2.29. The second-order valence-electron chi connectivity index (χ2n) is 9.52. The van der Waals surface area contributed by atoms with Crippen LogP contribution in [0.3, 0.4) is 0 Å². The number of hydrogen-bond donors (Lipinski definition) is 1. The minimum atomic E-state index is -3.02. The number of carbonyl (C=O) groups is 1. The van der Waals surface area contributed by atoms with E-state index in [1.54, 1.807) is 28.9 Å². The van der Waals surface area contributed by atoms with Crippen LogP contribution in [0.2, 0.25) is 0 Å². The van der Waals surface area contributed by atoms with Gasteiger partial charge in [0.1, 0.15) is 17.3 Å². The van der Waals surface area contributed by atoms with E-state index in [2.05, 4.69) is 34.1 Å². The Morgan fingerprint density at radius 2 is 1.86 bits per heavy atom. The Labute approximate surface area is 213 Å². The molecule has 1 N–H and O–H groups in total. The number of carbonyl (C=O) groups excluding carboxylic acids is 1. The number of anilines is 1. The number of hydrogen-bond acceptors (Lipinski definition) is 5. The fraction of sp³-hybridized carbons (Fsp3) is 0.296. The predicted molar refractivity (Wildman–Crippen MR) is 136 cm³/mol. The molecule has 0 saturated carbocycles. The van der Waals surface area contributed by atoms with Gasteiger partial charge >= 0.3 is 6.03 Å². The van der Waals surface area contributed by atoms with Gasteiger partial charge in [-0.05, 0) is 23.6 Å². The van der Waals surface area contributed by atoms with Crippen LogP contribution in [0.25, 0.3) is 22.8 Å². The smallest absolute Gasteiger partial charge is 0.323 e. The van der Waals surface area contributed by atoms with Crippen LogP contribution in [0.5, 0.6) is 0 Å². The van der Waals surface area contributed by atoms with Gasteiger partial charge in [0.15, 0.2) is 5.82 Å². The van der Waals surface area contributed by atoms with Crippen LogP contribution in [-0.4, -0.2) is 30.5 Å². The van der Waals surface area contributed by atoms with Gasteiger partial charge in [-0.1, -0.05) is 38.1 Å². The van der Waals surface area contributed by atoms with Crippen molar-refractivity contribution in [3.05, 3.63) is 77.5 Å². The zero-order chi connectivity index (χ0) is 26.3. The summed E-state index contributed by atoms with van der Waals surface area (Å²) in [5.41, 5.74) is 3.82. The number of imidazole rings is 1. The van der Waals surface area contributed by atoms with Crippen LogP contribution in [0.15, 0.2) is 55.0 Å². The summed E-state index contributed by atoms with van der Waals surface area (Å²) in [6.45, 7) is 5.58. The predicted octanol–water partition coefficient (Wildman–Crippen LogP) is 5.40. The van der Waals surface area contributed by atoms with E-state index in [9.17, 15) is 13.6 Å². The lowest BCUT2D eigenvalue weighted by Crippen LogP contribution is -2.44. The summed E-state index contributed by atoms with van der Waals surface area (Å²) in [6, 6.07) is 10.9. The molecule has 0 atom stereocenters. The molecule has 8 nitrogen and oxygen atoms in total. The molecule has 37 heavy (non-hydrogen) atoms. The number of nitrogens with zero attached hydrogens (tertiary/aromatic N) is 6. The van der Waals surface area contributed by atoms with E-state index in [-0.39, 0.29) is 24.2 Å². The molecule has 2 amide bonds. The maximum atomic E-state index is 13.7. The lowest BCUT2D eigenvalue weighted by molar-refractivity contribution is 0.0131. The van der Waals surface area contributed by atoms with Crippen LogP contribution < -0.4 is 10.2 Å². The van der Waals surface area contributed by atoms with Crippen molar-refractivity contribution in [2.75, 3.05) is 4.90 Å². The first-order chi connectivity index (χ1) is 17.6. The number of halogens is 2. The van der Waals surface area contributed by atoms with Gasteiger partial charge in [-0.25, -0.2) is 19.7 Å². The highest BCUT2D eigenvalue weighted by molar-refractivity contribution is 5.93. The number of urea groups is 1. The third-order valence-electron chi connectivity index (χ3n) is 6.28. The quantitative estimate of drug-likeness (QED) is 0.380. The minimum Gasteiger partial charge on any atom is -0.334 e. The molecule has 1 aliphatic heterocycles. The van der Waals surface area contributed by atoms with Crippen LogP contribution in [0, 0.1) is 0 Å². The normalized spacial score (nSPS) is 13.6. The zero-order valence-corrected chi connectivity index (χ0v) is 21.0. The molecule has 5 rings (SSSR count). The standard InChI is InChI=1S/C27H27F2N7O/c1-16(2)22-20(6-5-11-30-22)23-31-12-19-13-32-26(37)36(25(19)34-23)14-17-7-9-18(10-8-17)24-33-21(15-35(24)4)27(3,28)29/h5-12,15-16H,13-14H2,1-4H3,(H,32,37). The van der Waals surface area contributed by atoms with Gasteiger partial charge in [-0.3, -0.25) is 9.88 Å². The van der Waals surface area contributed by atoms with E-state index in [1.807, 2.05) is 36.4 Å². The van der Waals surface area contributed by atoms with E-state index in [4.69, 9.17) is 4.98 Å². The van der Waals surface area contributed by atoms with E-state index in [1.165, 1.54) is 6.20 Å². The molecule has 0 fully saturated rings. The minimum absolute atomic E-state index is 0.187. The van der Waals surface area contributed by atoms with Gasteiger partial charge < -0.3 is 9.88 Å². The summed E-state index contributed by atoms with van der Waals surface area (Å²) < 4.78 is 29.0. The van der Waals surface area contributed by atoms with Crippen LogP contribution in [0.1, 0.15) is 49.2 Å². The monoisotopic (exact) mass is 503 g/mol. The molecule has 0 unspecified atom stereocenters. The molecule has 1 aromatic carbocycles. The first-order valence-corrected chi connectivity index (χ1v) is 12.0. The number of amides is 2. The second-order valence-corrected chi connectivity index (χ2v) is 9.52. The Morgan fingerprint density at radius 1 is 1.11 bits per heavy atom. The molecule has 3 aromatic heterocycles. The third-order valence-corrected chi connectivity index (χ3v) is 6.28. The molecule has 190 valence electrons. The number of pyridine rings is 1. The van der Waals surface area contributed by atoms with Gasteiger partial charge in [-0.2, -0.15) is 8.78 Å². The third kappa shape index (κ3) is 4.78. The number of rotatable bonds is 6. The SMILES string of the molecule is CC(C)c1ncccc1-c1ncc2c(n1)N(Cc1ccc(-c3nc(C(C)(F)F)cn3C)cc1)C(=O)NC2. The van der Waals surface area contributed by atoms with Gasteiger partial charge in [0.05, 0.1) is 12.2 Å². The van der Waals surface area contributed by atoms with Crippen molar-refractivity contribution in [3.8, 4) is 22.8 Å². The van der Waals surface area contributed by atoms with Crippen molar-refractivity contribution in [2.45, 2.75) is 45.7 Å². The molecule has 0 saturated heterocycles. The maximum Gasteiger partial charge on any atom is 0.323 e. The average Bonchev–Trinajstić information content (AvgIpc) is 3.28. The number of alkyl halides is 2. The summed E-state index contributed by atoms with van der Waals surface area (Å²) >= 11 is 0. The molecule has 0 bridgehead atoms. The lowest BCUT2D eigenvalue weighted by Gasteiger charge is -2.29. The number of aryl methyl sites for hydroxylation is 1. The summed E-state index contributed by atoms with van der Waals surface area (Å²) in [4.78, 5) is 32.4. The Bertz CT molecular complexity index is 1460. The summed E-state index contributed by atoms with van der Waals surface area (Å²) in [5.74, 6) is -1.32. The van der Waals surface area contributed by atoms with Crippen molar-refractivity contribution in [2.24, 2.45) is 7.05 Å². The van der Waals surface area contributed by atoms with E-state index < -0.39 is 5.92 Å². The first-order valence-electron chi connectivity index (χ1n) is 12.0. The van der Waals surface area contributed by atoms with E-state index in [0.29, 0.717) is 29.6 Å². The van der Waals surface area contributed by atoms with Crippen molar-refractivity contribution >= 4 is 11.8 Å². The molecule has 4 aromatic rings. The number of fused-ring (bicyclic) bond motifs is 1. The fourth-order valence-electron chi connectivity index (χ4n) is 4.35. The number of aromatic nitrogens is 5. The van der Waals surface area contributed by atoms with Gasteiger partial charge in [-0.15, -0.1) is 0 Å². The topological polar surface area (TPSA) is 88.8 Å². The largest absolute Gasteiger partial charge is 0.334 e. The highest BCUT2D eigenvalue weighted by atomic mass is 19.3. The van der Waals surface area contributed by atoms with Crippen LogP contribution >= 0.6 is 0 Å². The number of nitrogens with one attached hydrogen (secondary N) is 1. The van der Waals surface area contributed by atoms with Crippen molar-refractivity contribution in [3.63, 3.8) is 0 Å². The molecule has 1 aliphatic rings. The Hall–Kier alpha value is -4.21. The highest BCUT2D eigenvalue weighted by Crippen LogP contribution is 2.31. The zero-order valence-electron chi connectivity index (χ0n) is 21.0. The van der Waals surface area contributed by atoms with Crippen LogP contribution in [-0.2, 0) is 26.1 Å². The Kier molecular flexibility index (Phi) is 6.18. The molecular weight excluding hydrogens is 476 g/mol. The van der Waals surface area contributed by atoms with Crippen molar-refractivity contribution in [1.29, 1.82) is 0 Å². The Balaban J connectivity index is 1.44. The Morgan fingerprint density at radius 3 is 2.54 bits per heavy atom. The van der Waals surface area contributed by atoms with Gasteiger partial charge in [0.2, 0.25) is 0 Å². The average molecular weight is 504 g/mol. The van der Waals surface area contributed by atoms with E-state index in [0.717, 1.165) is 29.3 Å². The molecule has 0 radical (unpaired) electrons. The summed E-state index contributed by atoms with van der Waals surface area (Å²) in [7, 11) is 1.69.